The van der Waals surface area contributed by atoms with E-state index in [1.54, 1.807) is 30.3 Å². The van der Waals surface area contributed by atoms with E-state index in [9.17, 15) is 14.4 Å². The van der Waals surface area contributed by atoms with Crippen LogP contribution in [0.25, 0.3) is 0 Å². The quantitative estimate of drug-likeness (QED) is 0.268. The summed E-state index contributed by atoms with van der Waals surface area (Å²) in [5.74, 6) is 0.261. The maximum Gasteiger partial charge on any atom is 0.306 e. The smallest absolute Gasteiger partial charge is 0.306 e. The lowest BCUT2D eigenvalue weighted by atomic mass is 10.1. The molecule has 0 heterocycles. The largest absolute Gasteiger partial charge is 0.457 e. The Kier molecular flexibility index (Phi) is 10.1. The second-order valence-electron chi connectivity index (χ2n) is 8.21. The van der Waals surface area contributed by atoms with Crippen LogP contribution in [0, 0.1) is 6.92 Å². The minimum absolute atomic E-state index is 0.0441. The molecule has 0 aliphatic heterocycles. The van der Waals surface area contributed by atoms with Gasteiger partial charge in [-0.1, -0.05) is 35.0 Å². The van der Waals surface area contributed by atoms with E-state index >= 15 is 0 Å². The van der Waals surface area contributed by atoms with Gasteiger partial charge in [0.15, 0.2) is 6.61 Å². The van der Waals surface area contributed by atoms with Gasteiger partial charge >= 0.3 is 5.97 Å². The van der Waals surface area contributed by atoms with Gasteiger partial charge in [-0.05, 0) is 85.5 Å². The number of halogens is 1. The van der Waals surface area contributed by atoms with Crippen molar-refractivity contribution >= 4 is 45.1 Å². The van der Waals surface area contributed by atoms with Gasteiger partial charge in [0.25, 0.3) is 5.91 Å². The first-order valence-electron chi connectivity index (χ1n) is 11.7. The molecule has 0 unspecified atom stereocenters. The van der Waals surface area contributed by atoms with Crippen LogP contribution >= 0.6 is 15.9 Å². The van der Waals surface area contributed by atoms with Crippen molar-refractivity contribution in [3.8, 4) is 11.5 Å². The number of carbonyl (C=O) groups is 3. The summed E-state index contributed by atoms with van der Waals surface area (Å²) in [6.07, 6.45) is 1.26. The second kappa shape index (κ2) is 13.4. The molecule has 0 aliphatic carbocycles. The van der Waals surface area contributed by atoms with Crippen molar-refractivity contribution in [3.05, 3.63) is 82.3 Å². The number of aryl methyl sites for hydroxylation is 2. The number of carbonyl (C=O) groups excluding carboxylic acids is 3. The summed E-state index contributed by atoms with van der Waals surface area (Å²) >= 11 is 3.41. The van der Waals surface area contributed by atoms with Crippen LogP contribution in [0.4, 0.5) is 11.4 Å². The molecule has 3 aromatic carbocycles. The van der Waals surface area contributed by atoms with Gasteiger partial charge in [-0.15, -0.1) is 0 Å². The summed E-state index contributed by atoms with van der Waals surface area (Å²) in [5.41, 5.74) is 3.40. The Morgan fingerprint density at radius 1 is 0.861 bits per heavy atom. The third-order valence-corrected chi connectivity index (χ3v) is 5.73. The van der Waals surface area contributed by atoms with Crippen LogP contribution in [-0.4, -0.2) is 24.4 Å². The highest BCUT2D eigenvalue weighted by atomic mass is 79.9. The van der Waals surface area contributed by atoms with E-state index < -0.39 is 11.9 Å². The molecule has 0 bridgehead atoms. The van der Waals surface area contributed by atoms with E-state index in [1.807, 2.05) is 50.2 Å². The van der Waals surface area contributed by atoms with Crippen molar-refractivity contribution in [1.82, 2.24) is 0 Å². The zero-order valence-corrected chi connectivity index (χ0v) is 21.9. The highest BCUT2D eigenvalue weighted by Gasteiger charge is 2.11. The average Bonchev–Trinajstić information content (AvgIpc) is 2.85. The van der Waals surface area contributed by atoms with Crippen LogP contribution in [0.15, 0.2) is 71.2 Å². The Bertz CT molecular complexity index is 1210. The Hall–Kier alpha value is -3.65. The molecular formula is C28H29BrN2O5. The van der Waals surface area contributed by atoms with Gasteiger partial charge in [0.05, 0.1) is 0 Å². The van der Waals surface area contributed by atoms with Gasteiger partial charge in [0, 0.05) is 28.7 Å². The van der Waals surface area contributed by atoms with E-state index in [-0.39, 0.29) is 25.4 Å². The number of anilines is 2. The summed E-state index contributed by atoms with van der Waals surface area (Å²) < 4.78 is 11.8. The minimum atomic E-state index is -0.526. The van der Waals surface area contributed by atoms with Gasteiger partial charge in [-0.2, -0.15) is 0 Å². The molecule has 0 spiro atoms. The highest BCUT2D eigenvalue weighted by molar-refractivity contribution is 9.10. The monoisotopic (exact) mass is 552 g/mol. The normalized spacial score (nSPS) is 10.4. The molecule has 36 heavy (non-hydrogen) atoms. The Balaban J connectivity index is 1.34. The van der Waals surface area contributed by atoms with E-state index in [4.69, 9.17) is 9.47 Å². The lowest BCUT2D eigenvalue weighted by Gasteiger charge is -2.11. The molecular weight excluding hydrogens is 524 g/mol. The number of hydrogen-bond acceptors (Lipinski definition) is 5. The fraction of sp³-hybridized carbons (Fsp3) is 0.250. The van der Waals surface area contributed by atoms with Crippen molar-refractivity contribution < 1.29 is 23.9 Å². The number of esters is 1. The zero-order valence-electron chi connectivity index (χ0n) is 20.3. The van der Waals surface area contributed by atoms with E-state index in [1.165, 1.54) is 0 Å². The molecule has 8 heteroatoms. The van der Waals surface area contributed by atoms with Crippen LogP contribution in [0.5, 0.6) is 11.5 Å². The number of hydrogen-bond donors (Lipinski definition) is 2. The molecule has 0 atom stereocenters. The van der Waals surface area contributed by atoms with Crippen LogP contribution in [0.3, 0.4) is 0 Å². The van der Waals surface area contributed by atoms with Gasteiger partial charge in [0.1, 0.15) is 11.5 Å². The van der Waals surface area contributed by atoms with Crippen molar-refractivity contribution in [2.75, 3.05) is 17.2 Å². The van der Waals surface area contributed by atoms with Crippen molar-refractivity contribution in [2.24, 2.45) is 0 Å². The van der Waals surface area contributed by atoms with Crippen molar-refractivity contribution in [1.29, 1.82) is 0 Å². The number of ether oxygens (including phenoxy) is 2. The first-order chi connectivity index (χ1) is 17.3. The minimum Gasteiger partial charge on any atom is -0.457 e. The molecule has 188 valence electrons. The van der Waals surface area contributed by atoms with Crippen LogP contribution in [0.1, 0.15) is 37.3 Å². The lowest BCUT2D eigenvalue weighted by molar-refractivity contribution is -0.147. The highest BCUT2D eigenvalue weighted by Crippen LogP contribution is 2.24. The van der Waals surface area contributed by atoms with E-state index in [2.05, 4.69) is 26.6 Å². The van der Waals surface area contributed by atoms with Gasteiger partial charge < -0.3 is 20.1 Å². The summed E-state index contributed by atoms with van der Waals surface area (Å²) in [5, 5.41) is 5.55. The SMILES string of the molecule is CCc1cc(Br)ccc1NC(=O)COC(=O)CCCC(=O)Nc1ccc(Oc2cccc(C)c2)cc1. The second-order valence-corrected chi connectivity index (χ2v) is 9.12. The Labute approximate surface area is 219 Å². The molecule has 0 fully saturated rings. The maximum atomic E-state index is 12.2. The fourth-order valence-electron chi connectivity index (χ4n) is 3.42. The van der Waals surface area contributed by atoms with Crippen LogP contribution < -0.4 is 15.4 Å². The van der Waals surface area contributed by atoms with Crippen LogP contribution in [-0.2, 0) is 25.5 Å². The van der Waals surface area contributed by atoms with E-state index in [0.29, 0.717) is 23.5 Å². The maximum absolute atomic E-state index is 12.2. The summed E-state index contributed by atoms with van der Waals surface area (Å²) in [4.78, 5) is 36.3. The first-order valence-corrected chi connectivity index (χ1v) is 12.5. The third kappa shape index (κ3) is 8.85. The molecule has 7 nitrogen and oxygen atoms in total. The van der Waals surface area contributed by atoms with Crippen LogP contribution in [0.2, 0.25) is 0 Å². The lowest BCUT2D eigenvalue weighted by Crippen LogP contribution is -2.21. The molecule has 0 saturated heterocycles. The fourth-order valence-corrected chi connectivity index (χ4v) is 3.83. The molecule has 2 N–H and O–H groups in total. The van der Waals surface area contributed by atoms with Gasteiger partial charge in [0.2, 0.25) is 5.91 Å². The number of benzene rings is 3. The molecule has 3 aromatic rings. The summed E-state index contributed by atoms with van der Waals surface area (Å²) in [7, 11) is 0. The molecule has 0 aromatic heterocycles. The molecule has 0 saturated carbocycles. The Morgan fingerprint density at radius 3 is 2.36 bits per heavy atom. The average molecular weight is 553 g/mol. The number of rotatable bonds is 11. The van der Waals surface area contributed by atoms with Gasteiger partial charge in [-0.3, -0.25) is 14.4 Å². The summed E-state index contributed by atoms with van der Waals surface area (Å²) in [6.45, 7) is 3.61. The topological polar surface area (TPSA) is 93.7 Å². The van der Waals surface area contributed by atoms with Crippen molar-refractivity contribution in [2.45, 2.75) is 39.5 Å². The summed E-state index contributed by atoms with van der Waals surface area (Å²) in [6, 6.07) is 20.4. The standard InChI is InChI=1S/C28H29BrN2O5/c1-3-20-17-21(29)10-15-25(20)31-27(33)18-35-28(34)9-5-8-26(32)30-22-11-13-23(14-12-22)36-24-7-4-6-19(2)16-24/h4,6-7,10-17H,3,5,8-9,18H2,1-2H3,(H,30,32)(H,31,33). The zero-order chi connectivity index (χ0) is 25.9. The number of nitrogens with one attached hydrogen (secondary N) is 2. The predicted octanol–water partition coefficient (Wildman–Crippen LogP) is 6.40. The Morgan fingerprint density at radius 2 is 1.64 bits per heavy atom. The first kappa shape index (κ1) is 26.9. The van der Waals surface area contributed by atoms with Crippen molar-refractivity contribution in [3.63, 3.8) is 0 Å². The molecule has 0 aliphatic rings. The van der Waals surface area contributed by atoms with E-state index in [0.717, 1.165) is 27.8 Å². The molecule has 3 rings (SSSR count). The third-order valence-electron chi connectivity index (χ3n) is 5.23. The van der Waals surface area contributed by atoms with Gasteiger partial charge in [-0.25, -0.2) is 0 Å². The predicted molar refractivity (Wildman–Crippen MR) is 143 cm³/mol. The number of amides is 2. The molecule has 2 amide bonds. The molecule has 0 radical (unpaired) electrons.